The van der Waals surface area contributed by atoms with Crippen molar-refractivity contribution < 1.29 is 14.7 Å². The van der Waals surface area contributed by atoms with Crippen LogP contribution < -0.4 is 0 Å². The van der Waals surface area contributed by atoms with Crippen molar-refractivity contribution in [3.05, 3.63) is 34.9 Å². The van der Waals surface area contributed by atoms with Crippen LogP contribution in [0.25, 0.3) is 0 Å². The van der Waals surface area contributed by atoms with Crippen LogP contribution in [-0.2, 0) is 9.59 Å². The average molecular weight is 288 g/mol. The lowest BCUT2D eigenvalue weighted by Gasteiger charge is -2.24. The average Bonchev–Trinajstić information content (AvgIpc) is 2.58. The molecule has 1 amide bonds. The van der Waals surface area contributed by atoms with Gasteiger partial charge >= 0.3 is 5.97 Å². The quantitative estimate of drug-likeness (QED) is 0.868. The summed E-state index contributed by atoms with van der Waals surface area (Å²) in [6, 6.07) is 5.47. The van der Waals surface area contributed by atoms with Crippen molar-refractivity contribution in [1.82, 2.24) is 4.90 Å². The number of benzene rings is 1. The molecule has 0 spiro atoms. The van der Waals surface area contributed by atoms with Crippen LogP contribution in [0, 0.1) is 0 Å². The molecule has 0 aliphatic carbocycles. The Labute approximate surface area is 114 Å². The fourth-order valence-corrected chi connectivity index (χ4v) is 2.55. The molecule has 0 radical (unpaired) electrons. The molecule has 2 atom stereocenters. The van der Waals surface area contributed by atoms with Gasteiger partial charge in [-0.3, -0.25) is 4.79 Å². The highest BCUT2D eigenvalue weighted by Gasteiger charge is 2.37. The van der Waals surface area contributed by atoms with E-state index in [1.165, 1.54) is 4.90 Å². The SMILES string of the molecule is O=C(O)C(c1cccc(Cl)c1)N1CC(Cl)CC1=O. The Hall–Kier alpha value is -1.26. The third kappa shape index (κ3) is 2.60. The molecule has 0 bridgehead atoms. The minimum absolute atomic E-state index is 0.173. The van der Waals surface area contributed by atoms with Gasteiger partial charge in [-0.05, 0) is 17.7 Å². The van der Waals surface area contributed by atoms with Gasteiger partial charge < -0.3 is 10.0 Å². The lowest BCUT2D eigenvalue weighted by atomic mass is 10.1. The Kier molecular flexibility index (Phi) is 3.78. The highest BCUT2D eigenvalue weighted by Crippen LogP contribution is 2.29. The Bertz CT molecular complexity index is 492. The predicted molar refractivity (Wildman–Crippen MR) is 67.8 cm³/mol. The molecule has 18 heavy (non-hydrogen) atoms. The number of carbonyl (C=O) groups excluding carboxylic acids is 1. The van der Waals surface area contributed by atoms with Gasteiger partial charge in [0, 0.05) is 18.0 Å². The molecule has 1 saturated heterocycles. The zero-order valence-corrected chi connectivity index (χ0v) is 10.9. The molecule has 1 aliphatic heterocycles. The van der Waals surface area contributed by atoms with E-state index in [0.717, 1.165) is 0 Å². The van der Waals surface area contributed by atoms with E-state index in [9.17, 15) is 14.7 Å². The van der Waals surface area contributed by atoms with E-state index in [0.29, 0.717) is 10.6 Å². The highest BCUT2D eigenvalue weighted by molar-refractivity contribution is 6.30. The minimum atomic E-state index is -1.09. The zero-order chi connectivity index (χ0) is 13.3. The van der Waals surface area contributed by atoms with Crippen molar-refractivity contribution in [2.75, 3.05) is 6.54 Å². The van der Waals surface area contributed by atoms with Crippen LogP contribution in [0.5, 0.6) is 0 Å². The summed E-state index contributed by atoms with van der Waals surface area (Å²) in [6.45, 7) is 0.240. The van der Waals surface area contributed by atoms with Gasteiger partial charge in [0.1, 0.15) is 0 Å². The normalized spacial score (nSPS) is 21.1. The first-order valence-electron chi connectivity index (χ1n) is 5.41. The maximum Gasteiger partial charge on any atom is 0.331 e. The standard InChI is InChI=1S/C12H11Cl2NO3/c13-8-3-1-2-7(4-8)11(12(17)18)15-6-9(14)5-10(15)16/h1-4,9,11H,5-6H2,(H,17,18). The van der Waals surface area contributed by atoms with Crippen molar-refractivity contribution in [3.63, 3.8) is 0 Å². The van der Waals surface area contributed by atoms with Gasteiger partial charge in [0.25, 0.3) is 0 Å². The second kappa shape index (κ2) is 5.16. The molecule has 0 aromatic heterocycles. The fraction of sp³-hybridized carbons (Fsp3) is 0.333. The molecule has 1 aromatic carbocycles. The van der Waals surface area contributed by atoms with Crippen LogP contribution in [0.3, 0.4) is 0 Å². The number of likely N-dealkylation sites (tertiary alicyclic amines) is 1. The third-order valence-electron chi connectivity index (χ3n) is 2.82. The van der Waals surface area contributed by atoms with Gasteiger partial charge in [-0.25, -0.2) is 4.79 Å². The molecule has 1 N–H and O–H groups in total. The van der Waals surface area contributed by atoms with Gasteiger partial charge in [-0.2, -0.15) is 0 Å². The summed E-state index contributed by atoms with van der Waals surface area (Å²) in [7, 11) is 0. The minimum Gasteiger partial charge on any atom is -0.479 e. The molecule has 2 rings (SSSR count). The monoisotopic (exact) mass is 287 g/mol. The molecular formula is C12H11Cl2NO3. The summed E-state index contributed by atoms with van der Waals surface area (Å²) in [4.78, 5) is 24.4. The first kappa shape index (κ1) is 13.2. The van der Waals surface area contributed by atoms with E-state index in [-0.39, 0.29) is 24.2 Å². The van der Waals surface area contributed by atoms with Crippen LogP contribution in [0.1, 0.15) is 18.0 Å². The molecule has 0 saturated carbocycles. The summed E-state index contributed by atoms with van der Waals surface area (Å²) >= 11 is 11.7. The number of carbonyl (C=O) groups is 2. The van der Waals surface area contributed by atoms with Crippen LogP contribution in [0.15, 0.2) is 24.3 Å². The smallest absolute Gasteiger partial charge is 0.331 e. The first-order valence-corrected chi connectivity index (χ1v) is 6.22. The molecule has 1 aromatic rings. The van der Waals surface area contributed by atoms with Gasteiger partial charge in [0.15, 0.2) is 6.04 Å². The van der Waals surface area contributed by atoms with Crippen molar-refractivity contribution in [1.29, 1.82) is 0 Å². The lowest BCUT2D eigenvalue weighted by Crippen LogP contribution is -2.35. The summed E-state index contributed by atoms with van der Waals surface area (Å²) in [5.41, 5.74) is 0.481. The van der Waals surface area contributed by atoms with Crippen molar-refractivity contribution in [3.8, 4) is 0 Å². The molecule has 6 heteroatoms. The van der Waals surface area contributed by atoms with E-state index in [2.05, 4.69) is 0 Å². The number of amides is 1. The Morgan fingerprint density at radius 3 is 2.72 bits per heavy atom. The topological polar surface area (TPSA) is 57.6 Å². The lowest BCUT2D eigenvalue weighted by molar-refractivity contribution is -0.148. The number of carboxylic acids is 1. The number of hydrogen-bond acceptors (Lipinski definition) is 2. The van der Waals surface area contributed by atoms with Crippen LogP contribution in [-0.4, -0.2) is 33.8 Å². The maximum atomic E-state index is 11.7. The maximum absolute atomic E-state index is 11.7. The summed E-state index contributed by atoms with van der Waals surface area (Å²) in [5, 5.41) is 9.41. The molecule has 1 heterocycles. The number of nitrogens with zero attached hydrogens (tertiary/aromatic N) is 1. The van der Waals surface area contributed by atoms with E-state index < -0.39 is 12.0 Å². The van der Waals surface area contributed by atoms with Gasteiger partial charge in [0.05, 0.1) is 5.38 Å². The molecule has 96 valence electrons. The number of hydrogen-bond donors (Lipinski definition) is 1. The molecule has 1 aliphatic rings. The summed E-state index contributed by atoms with van der Waals surface area (Å²) in [6.07, 6.45) is 0.173. The van der Waals surface area contributed by atoms with Gasteiger partial charge in [0.2, 0.25) is 5.91 Å². The largest absolute Gasteiger partial charge is 0.479 e. The Morgan fingerprint density at radius 1 is 1.50 bits per heavy atom. The van der Waals surface area contributed by atoms with Crippen molar-refractivity contribution in [2.45, 2.75) is 17.8 Å². The van der Waals surface area contributed by atoms with E-state index in [4.69, 9.17) is 23.2 Å². The van der Waals surface area contributed by atoms with E-state index >= 15 is 0 Å². The predicted octanol–water partition coefficient (Wildman–Crippen LogP) is 2.31. The van der Waals surface area contributed by atoms with Crippen LogP contribution in [0.4, 0.5) is 0 Å². The zero-order valence-electron chi connectivity index (χ0n) is 9.35. The van der Waals surface area contributed by atoms with Gasteiger partial charge in [-0.1, -0.05) is 23.7 Å². The van der Waals surface area contributed by atoms with Crippen molar-refractivity contribution >= 4 is 35.1 Å². The van der Waals surface area contributed by atoms with Crippen LogP contribution >= 0.6 is 23.2 Å². The number of halogens is 2. The van der Waals surface area contributed by atoms with Crippen LogP contribution in [0.2, 0.25) is 5.02 Å². The molecule has 4 nitrogen and oxygen atoms in total. The number of rotatable bonds is 3. The molecule has 1 fully saturated rings. The third-order valence-corrected chi connectivity index (χ3v) is 3.35. The second-order valence-corrected chi connectivity index (χ2v) is 5.20. The van der Waals surface area contributed by atoms with Gasteiger partial charge in [-0.15, -0.1) is 11.6 Å². The van der Waals surface area contributed by atoms with E-state index in [1.54, 1.807) is 24.3 Å². The molecule has 2 unspecified atom stereocenters. The summed E-state index contributed by atoms with van der Waals surface area (Å²) < 4.78 is 0. The number of aliphatic carboxylic acids is 1. The summed E-state index contributed by atoms with van der Waals surface area (Å²) in [5.74, 6) is -1.33. The fourth-order valence-electron chi connectivity index (χ4n) is 2.07. The van der Waals surface area contributed by atoms with Crippen molar-refractivity contribution in [2.24, 2.45) is 0 Å². The number of carboxylic acid groups (broad SMARTS) is 1. The first-order chi connectivity index (χ1) is 8.49. The second-order valence-electron chi connectivity index (χ2n) is 4.14. The molecular weight excluding hydrogens is 277 g/mol. The Balaban J connectivity index is 2.35. The number of alkyl halides is 1. The highest BCUT2D eigenvalue weighted by atomic mass is 35.5. The Morgan fingerprint density at radius 2 is 2.22 bits per heavy atom. The van der Waals surface area contributed by atoms with E-state index in [1.807, 2.05) is 0 Å².